The third kappa shape index (κ3) is 1.72. The van der Waals surface area contributed by atoms with Crippen molar-refractivity contribution in [2.45, 2.75) is 0 Å². The van der Waals surface area contributed by atoms with E-state index in [1.807, 2.05) is 0 Å². The van der Waals surface area contributed by atoms with Gasteiger partial charge in [0.2, 0.25) is 0 Å². The van der Waals surface area contributed by atoms with Crippen LogP contribution in [0.1, 0.15) is 20.7 Å². The van der Waals surface area contributed by atoms with Crippen LogP contribution in [0, 0.1) is 6.92 Å². The summed E-state index contributed by atoms with van der Waals surface area (Å²) < 4.78 is 5.03. The lowest BCUT2D eigenvalue weighted by molar-refractivity contribution is 0.0584. The van der Waals surface area contributed by atoms with Gasteiger partial charge in [0.05, 0.1) is 24.3 Å². The highest BCUT2D eigenvalue weighted by molar-refractivity contribution is 6.21. The minimum atomic E-state index is -0.242. The molecular formula is C12H12NO3. The number of ether oxygens (including phenoxy) is 1. The van der Waals surface area contributed by atoms with Crippen LogP contribution in [0.4, 0.5) is 0 Å². The number of fused-ring (bicyclic) bond motifs is 1. The van der Waals surface area contributed by atoms with Crippen LogP contribution in [-0.4, -0.2) is 36.5 Å². The minimum Gasteiger partial charge on any atom is -0.380 e. The second-order valence-electron chi connectivity index (χ2n) is 3.42. The number of imide groups is 1. The lowest BCUT2D eigenvalue weighted by atomic mass is 10.1. The topological polar surface area (TPSA) is 46.6 Å². The summed E-state index contributed by atoms with van der Waals surface area (Å²) in [7, 11) is 0. The van der Waals surface area contributed by atoms with Crippen molar-refractivity contribution in [3.63, 3.8) is 0 Å². The first-order valence-electron chi connectivity index (χ1n) is 5.08. The van der Waals surface area contributed by atoms with Gasteiger partial charge in [-0.15, -0.1) is 0 Å². The molecule has 2 amide bonds. The van der Waals surface area contributed by atoms with Gasteiger partial charge in [0.15, 0.2) is 0 Å². The molecule has 0 fully saturated rings. The molecule has 2 rings (SSSR count). The van der Waals surface area contributed by atoms with Gasteiger partial charge in [0.1, 0.15) is 0 Å². The van der Waals surface area contributed by atoms with E-state index in [2.05, 4.69) is 6.92 Å². The van der Waals surface area contributed by atoms with Gasteiger partial charge in [-0.1, -0.05) is 12.1 Å². The standard InChI is InChI=1S/C12H12NO3/c1-2-16-8-7-13-11(14)9-5-3-4-6-10(9)12(13)15/h3-6H,1-2,7-8H2. The van der Waals surface area contributed by atoms with E-state index >= 15 is 0 Å². The molecule has 0 spiro atoms. The van der Waals surface area contributed by atoms with Crippen molar-refractivity contribution in [1.29, 1.82) is 0 Å². The second-order valence-corrected chi connectivity index (χ2v) is 3.42. The molecule has 0 atom stereocenters. The number of hydrogen-bond donors (Lipinski definition) is 0. The van der Waals surface area contributed by atoms with Gasteiger partial charge in [0, 0.05) is 6.61 Å². The van der Waals surface area contributed by atoms with Gasteiger partial charge < -0.3 is 4.74 Å². The second kappa shape index (κ2) is 4.45. The molecule has 83 valence electrons. The summed E-state index contributed by atoms with van der Waals surface area (Å²) in [5.74, 6) is -0.485. The highest BCUT2D eigenvalue weighted by Gasteiger charge is 2.34. The van der Waals surface area contributed by atoms with E-state index in [4.69, 9.17) is 4.74 Å². The van der Waals surface area contributed by atoms with Crippen molar-refractivity contribution in [2.24, 2.45) is 0 Å². The van der Waals surface area contributed by atoms with Crippen molar-refractivity contribution < 1.29 is 14.3 Å². The molecule has 0 unspecified atom stereocenters. The van der Waals surface area contributed by atoms with E-state index in [9.17, 15) is 9.59 Å². The van der Waals surface area contributed by atoms with E-state index in [0.717, 1.165) is 0 Å². The minimum absolute atomic E-state index is 0.242. The lowest BCUT2D eigenvalue weighted by Crippen LogP contribution is -2.33. The molecule has 4 heteroatoms. The van der Waals surface area contributed by atoms with Gasteiger partial charge in [-0.2, -0.15) is 0 Å². The third-order valence-electron chi connectivity index (χ3n) is 2.48. The fourth-order valence-corrected chi connectivity index (χ4v) is 1.70. The van der Waals surface area contributed by atoms with E-state index in [-0.39, 0.29) is 18.4 Å². The Hall–Kier alpha value is -1.68. The molecule has 4 nitrogen and oxygen atoms in total. The third-order valence-corrected chi connectivity index (χ3v) is 2.48. The molecule has 0 aromatic heterocycles. The molecule has 1 aromatic carbocycles. The Labute approximate surface area is 93.8 Å². The van der Waals surface area contributed by atoms with Gasteiger partial charge in [-0.05, 0) is 19.1 Å². The zero-order chi connectivity index (χ0) is 11.5. The summed E-state index contributed by atoms with van der Waals surface area (Å²) in [6.07, 6.45) is 0. The van der Waals surface area contributed by atoms with E-state index in [1.54, 1.807) is 24.3 Å². The lowest BCUT2D eigenvalue weighted by Gasteiger charge is -2.12. The zero-order valence-electron chi connectivity index (χ0n) is 8.81. The summed E-state index contributed by atoms with van der Waals surface area (Å²) in [5, 5.41) is 0. The van der Waals surface area contributed by atoms with Crippen LogP contribution in [0.25, 0.3) is 0 Å². The van der Waals surface area contributed by atoms with Crippen molar-refractivity contribution in [1.82, 2.24) is 4.90 Å². The van der Waals surface area contributed by atoms with Gasteiger partial charge >= 0.3 is 0 Å². The molecule has 0 aliphatic carbocycles. The fraction of sp³-hybridized carbons (Fsp3) is 0.250. The molecule has 1 aliphatic heterocycles. The predicted molar refractivity (Wildman–Crippen MR) is 58.0 cm³/mol. The van der Waals surface area contributed by atoms with Crippen LogP contribution in [0.2, 0.25) is 0 Å². The molecule has 1 aliphatic rings. The maximum atomic E-state index is 11.8. The number of benzene rings is 1. The molecule has 16 heavy (non-hydrogen) atoms. The molecular weight excluding hydrogens is 206 g/mol. The Morgan fingerprint density at radius 3 is 2.19 bits per heavy atom. The monoisotopic (exact) mass is 218 g/mol. The summed E-state index contributed by atoms with van der Waals surface area (Å²) in [5.41, 5.74) is 0.948. The number of carbonyl (C=O) groups is 2. The summed E-state index contributed by atoms with van der Waals surface area (Å²) in [6, 6.07) is 6.83. The Morgan fingerprint density at radius 1 is 1.12 bits per heavy atom. The molecule has 0 N–H and O–H groups in total. The molecule has 0 saturated heterocycles. The number of amides is 2. The van der Waals surface area contributed by atoms with Gasteiger partial charge in [-0.3, -0.25) is 14.5 Å². The van der Waals surface area contributed by atoms with E-state index in [1.165, 1.54) is 4.90 Å². The smallest absolute Gasteiger partial charge is 0.261 e. The summed E-state index contributed by atoms with van der Waals surface area (Å²) in [4.78, 5) is 24.9. The molecule has 1 heterocycles. The molecule has 0 bridgehead atoms. The number of carbonyl (C=O) groups excluding carboxylic acids is 2. The largest absolute Gasteiger partial charge is 0.380 e. The van der Waals surface area contributed by atoms with E-state index in [0.29, 0.717) is 24.3 Å². The Morgan fingerprint density at radius 2 is 1.69 bits per heavy atom. The van der Waals surface area contributed by atoms with Crippen LogP contribution in [0.5, 0.6) is 0 Å². The maximum absolute atomic E-state index is 11.8. The average Bonchev–Trinajstić information content (AvgIpc) is 2.55. The summed E-state index contributed by atoms with van der Waals surface area (Å²) >= 11 is 0. The highest BCUT2D eigenvalue weighted by atomic mass is 16.5. The average molecular weight is 218 g/mol. The Kier molecular flexibility index (Phi) is 3.01. The SMILES string of the molecule is [CH2]COCCN1C(=O)c2ccccc2C1=O. The highest BCUT2D eigenvalue weighted by Crippen LogP contribution is 2.21. The van der Waals surface area contributed by atoms with Crippen molar-refractivity contribution in [3.05, 3.63) is 42.3 Å². The van der Waals surface area contributed by atoms with Crippen LogP contribution >= 0.6 is 0 Å². The Bertz CT molecular complexity index is 393. The zero-order valence-corrected chi connectivity index (χ0v) is 8.81. The first-order chi connectivity index (χ1) is 7.75. The van der Waals surface area contributed by atoms with Crippen LogP contribution < -0.4 is 0 Å². The van der Waals surface area contributed by atoms with Gasteiger partial charge in [0.25, 0.3) is 11.8 Å². The first-order valence-corrected chi connectivity index (χ1v) is 5.08. The molecule has 1 aromatic rings. The summed E-state index contributed by atoms with van der Waals surface area (Å²) in [6.45, 7) is 4.46. The molecule has 0 saturated carbocycles. The normalized spacial score (nSPS) is 14.4. The van der Waals surface area contributed by atoms with Crippen LogP contribution in [0.3, 0.4) is 0 Å². The quantitative estimate of drug-likeness (QED) is 0.562. The van der Waals surface area contributed by atoms with Crippen molar-refractivity contribution in [2.75, 3.05) is 19.8 Å². The fourth-order valence-electron chi connectivity index (χ4n) is 1.70. The number of hydrogen-bond acceptors (Lipinski definition) is 3. The first kappa shape index (κ1) is 10.8. The van der Waals surface area contributed by atoms with Crippen molar-refractivity contribution >= 4 is 11.8 Å². The van der Waals surface area contributed by atoms with E-state index < -0.39 is 0 Å². The van der Waals surface area contributed by atoms with Gasteiger partial charge in [-0.25, -0.2) is 0 Å². The van der Waals surface area contributed by atoms with Crippen LogP contribution in [0.15, 0.2) is 24.3 Å². The molecule has 1 radical (unpaired) electrons. The number of nitrogens with zero attached hydrogens (tertiary/aromatic N) is 1. The van der Waals surface area contributed by atoms with Crippen LogP contribution in [-0.2, 0) is 4.74 Å². The maximum Gasteiger partial charge on any atom is 0.261 e. The Balaban J connectivity index is 2.15. The predicted octanol–water partition coefficient (Wildman–Crippen LogP) is 1.13. The van der Waals surface area contributed by atoms with Crippen molar-refractivity contribution in [3.8, 4) is 0 Å². The number of rotatable bonds is 4.